The van der Waals surface area contributed by atoms with Gasteiger partial charge in [-0.2, -0.15) is 0 Å². The molecule has 0 aromatic heterocycles. The van der Waals surface area contributed by atoms with Crippen molar-refractivity contribution >= 4 is 5.71 Å². The van der Waals surface area contributed by atoms with Crippen molar-refractivity contribution in [1.29, 1.82) is 5.41 Å². The zero-order valence-electron chi connectivity index (χ0n) is 5.93. The predicted molar refractivity (Wildman–Crippen MR) is 46.4 cm³/mol. The summed E-state index contributed by atoms with van der Waals surface area (Å²) < 4.78 is 0. The maximum absolute atomic E-state index is 7.29. The first-order valence-corrected chi connectivity index (χ1v) is 2.92. The maximum Gasteiger partial charge on any atom is 0.0606 e. The average Bonchev–Trinajstić information content (AvgIpc) is 1.99. The molecule has 0 unspecified atom stereocenters. The Morgan fingerprint density at radius 1 is 1.10 bits per heavy atom. The first kappa shape index (κ1) is 8.63. The Bertz CT molecular complexity index is 197. The Morgan fingerprint density at radius 3 is 2.00 bits per heavy atom. The van der Waals surface area contributed by atoms with E-state index in [1.807, 2.05) is 0 Å². The molecule has 0 aliphatic rings. The molecule has 0 radical (unpaired) electrons. The lowest BCUT2D eigenvalue weighted by Crippen LogP contribution is -1.91. The molecule has 1 heteroatoms. The summed E-state index contributed by atoms with van der Waals surface area (Å²) in [6.07, 6.45) is 6.41. The van der Waals surface area contributed by atoms with Gasteiger partial charge in [-0.1, -0.05) is 38.0 Å². The molecule has 0 spiro atoms. The fraction of sp³-hybridized carbons (Fsp3) is 0. The topological polar surface area (TPSA) is 23.9 Å². The van der Waals surface area contributed by atoms with E-state index in [2.05, 4.69) is 19.7 Å². The second-order valence-corrected chi connectivity index (χ2v) is 1.68. The molecule has 0 bridgehead atoms. The highest BCUT2D eigenvalue weighted by atomic mass is 14.4. The van der Waals surface area contributed by atoms with Crippen LogP contribution in [-0.2, 0) is 0 Å². The van der Waals surface area contributed by atoms with Gasteiger partial charge >= 0.3 is 0 Å². The smallest absolute Gasteiger partial charge is 0.0606 e. The minimum Gasteiger partial charge on any atom is -0.300 e. The van der Waals surface area contributed by atoms with E-state index in [9.17, 15) is 0 Å². The highest BCUT2D eigenvalue weighted by Gasteiger charge is 1.91. The lowest BCUT2D eigenvalue weighted by Gasteiger charge is -1.94. The molecular weight excluding hydrogens is 122 g/mol. The van der Waals surface area contributed by atoms with Crippen LogP contribution >= 0.6 is 0 Å². The summed E-state index contributed by atoms with van der Waals surface area (Å²) in [7, 11) is 0. The van der Waals surface area contributed by atoms with Crippen LogP contribution in [0.25, 0.3) is 0 Å². The number of allylic oxidation sites excluding steroid dienone is 5. The van der Waals surface area contributed by atoms with E-state index in [4.69, 9.17) is 5.41 Å². The molecule has 0 saturated carbocycles. The van der Waals surface area contributed by atoms with Gasteiger partial charge in [-0.15, -0.1) is 0 Å². The Labute approximate surface area is 61.6 Å². The summed E-state index contributed by atoms with van der Waals surface area (Å²) in [5.41, 5.74) is 1.11. The van der Waals surface area contributed by atoms with Gasteiger partial charge in [0.05, 0.1) is 5.71 Å². The average molecular weight is 133 g/mol. The highest BCUT2D eigenvalue weighted by Crippen LogP contribution is 1.98. The zero-order valence-corrected chi connectivity index (χ0v) is 5.93. The first-order valence-electron chi connectivity index (χ1n) is 2.92. The fourth-order valence-electron chi connectivity index (χ4n) is 0.513. The summed E-state index contributed by atoms with van der Waals surface area (Å²) in [5.74, 6) is 0. The van der Waals surface area contributed by atoms with Gasteiger partial charge in [-0.3, -0.25) is 0 Å². The maximum atomic E-state index is 7.29. The molecule has 1 nitrogen and oxygen atoms in total. The quantitative estimate of drug-likeness (QED) is 0.450. The molecule has 0 amide bonds. The van der Waals surface area contributed by atoms with Crippen LogP contribution in [-0.4, -0.2) is 5.71 Å². The standard InChI is InChI=1S/C9H11N/c1-4-7-8(5-2)9(10)6-3/h4-7,10H,1-3H2/b8-7-,10-9?. The summed E-state index contributed by atoms with van der Waals surface area (Å²) in [6.45, 7) is 10.5. The van der Waals surface area contributed by atoms with E-state index >= 15 is 0 Å². The van der Waals surface area contributed by atoms with Crippen LogP contribution in [0.2, 0.25) is 0 Å². The van der Waals surface area contributed by atoms with E-state index in [-0.39, 0.29) is 0 Å². The number of nitrogens with one attached hydrogen (secondary N) is 1. The minimum absolute atomic E-state index is 0.370. The van der Waals surface area contributed by atoms with Crippen molar-refractivity contribution in [2.24, 2.45) is 0 Å². The SMILES string of the molecule is C=C/C=C(/C=C)C(=N)C=C. The number of hydrogen-bond acceptors (Lipinski definition) is 1. The molecule has 0 aromatic carbocycles. The van der Waals surface area contributed by atoms with Crippen molar-refractivity contribution in [1.82, 2.24) is 0 Å². The summed E-state index contributed by atoms with van der Waals surface area (Å²) >= 11 is 0. The third-order valence-electron chi connectivity index (χ3n) is 1.03. The van der Waals surface area contributed by atoms with Gasteiger partial charge in [0, 0.05) is 0 Å². The van der Waals surface area contributed by atoms with Crippen LogP contribution in [0.15, 0.2) is 49.6 Å². The monoisotopic (exact) mass is 133 g/mol. The van der Waals surface area contributed by atoms with E-state index < -0.39 is 0 Å². The molecule has 1 N–H and O–H groups in total. The Morgan fingerprint density at radius 2 is 1.70 bits per heavy atom. The van der Waals surface area contributed by atoms with Gasteiger partial charge < -0.3 is 5.41 Å². The van der Waals surface area contributed by atoms with Crippen molar-refractivity contribution in [2.75, 3.05) is 0 Å². The molecule has 0 aromatic rings. The highest BCUT2D eigenvalue weighted by molar-refractivity contribution is 6.07. The molecule has 0 aliphatic heterocycles. The van der Waals surface area contributed by atoms with Gasteiger partial charge in [0.1, 0.15) is 0 Å². The summed E-state index contributed by atoms with van der Waals surface area (Å²) in [4.78, 5) is 0. The Balaban J connectivity index is 4.49. The molecule has 0 fully saturated rings. The number of rotatable bonds is 4. The summed E-state index contributed by atoms with van der Waals surface area (Å²) in [5, 5.41) is 7.29. The van der Waals surface area contributed by atoms with E-state index in [1.54, 1.807) is 18.2 Å². The molecule has 0 heterocycles. The van der Waals surface area contributed by atoms with Gasteiger partial charge in [0.15, 0.2) is 0 Å². The largest absolute Gasteiger partial charge is 0.300 e. The van der Waals surface area contributed by atoms with Crippen LogP contribution in [0, 0.1) is 5.41 Å². The van der Waals surface area contributed by atoms with Crippen molar-refractivity contribution in [2.45, 2.75) is 0 Å². The zero-order chi connectivity index (χ0) is 7.98. The van der Waals surface area contributed by atoms with Crippen LogP contribution in [0.5, 0.6) is 0 Å². The van der Waals surface area contributed by atoms with E-state index in [0.717, 1.165) is 5.57 Å². The van der Waals surface area contributed by atoms with E-state index in [0.29, 0.717) is 5.71 Å². The molecule has 52 valence electrons. The first-order chi connectivity index (χ1) is 4.76. The van der Waals surface area contributed by atoms with Gasteiger partial charge in [-0.05, 0) is 11.6 Å². The minimum atomic E-state index is 0.370. The molecule has 0 aliphatic carbocycles. The van der Waals surface area contributed by atoms with Crippen LogP contribution in [0.1, 0.15) is 0 Å². The number of hydrogen-bond donors (Lipinski definition) is 1. The predicted octanol–water partition coefficient (Wildman–Crippen LogP) is 2.49. The molecular formula is C9H11N. The Kier molecular flexibility index (Phi) is 3.89. The fourth-order valence-corrected chi connectivity index (χ4v) is 0.513. The third kappa shape index (κ3) is 2.27. The Hall–Kier alpha value is -1.37. The van der Waals surface area contributed by atoms with Gasteiger partial charge in [-0.25, -0.2) is 0 Å². The molecule has 10 heavy (non-hydrogen) atoms. The lowest BCUT2D eigenvalue weighted by atomic mass is 10.1. The van der Waals surface area contributed by atoms with Crippen LogP contribution in [0.3, 0.4) is 0 Å². The molecule has 0 rings (SSSR count). The second-order valence-electron chi connectivity index (χ2n) is 1.68. The van der Waals surface area contributed by atoms with Gasteiger partial charge in [0.2, 0.25) is 0 Å². The summed E-state index contributed by atoms with van der Waals surface area (Å²) in [6, 6.07) is 0. The molecule has 0 saturated heterocycles. The van der Waals surface area contributed by atoms with Crippen molar-refractivity contribution < 1.29 is 0 Å². The second kappa shape index (κ2) is 4.50. The van der Waals surface area contributed by atoms with E-state index in [1.165, 1.54) is 6.08 Å². The van der Waals surface area contributed by atoms with Crippen molar-refractivity contribution in [3.63, 3.8) is 0 Å². The normalized spacial score (nSPS) is 10.2. The van der Waals surface area contributed by atoms with Crippen LogP contribution in [0.4, 0.5) is 0 Å². The van der Waals surface area contributed by atoms with Crippen molar-refractivity contribution in [3.8, 4) is 0 Å². The third-order valence-corrected chi connectivity index (χ3v) is 1.03. The van der Waals surface area contributed by atoms with Gasteiger partial charge in [0.25, 0.3) is 0 Å². The van der Waals surface area contributed by atoms with Crippen LogP contribution < -0.4 is 0 Å². The van der Waals surface area contributed by atoms with Crippen molar-refractivity contribution in [3.05, 3.63) is 49.6 Å². The molecule has 0 atom stereocenters. The lowest BCUT2D eigenvalue weighted by molar-refractivity contribution is 1.51.